The Bertz CT molecular complexity index is 316. The zero-order valence-corrected chi connectivity index (χ0v) is 10.3. The maximum Gasteiger partial charge on any atom is 0.251 e. The van der Waals surface area contributed by atoms with Gasteiger partial charge in [0.2, 0.25) is 0 Å². The van der Waals surface area contributed by atoms with Crippen LogP contribution in [-0.4, -0.2) is 13.0 Å². The molecule has 16 heavy (non-hydrogen) atoms. The molecule has 0 fully saturated rings. The van der Waals surface area contributed by atoms with E-state index in [-0.39, 0.29) is 5.91 Å². The summed E-state index contributed by atoms with van der Waals surface area (Å²) in [5.41, 5.74) is 2.06. The molecule has 1 amide bonds. The minimum absolute atomic E-state index is 0.0162. The maximum absolute atomic E-state index is 11.3. The average molecular weight is 219 g/mol. The number of benzene rings is 1. The standard InChI is InChI=1S/C14H21NO/c1-3-4-5-6-7-12-8-10-13(11-9-12)14(16)15-2/h8-11H,3-7H2,1-2H3,(H,15,16). The van der Waals surface area contributed by atoms with Crippen LogP contribution in [0, 0.1) is 0 Å². The lowest BCUT2D eigenvalue weighted by atomic mass is 10.0. The first-order valence-electron chi connectivity index (χ1n) is 6.09. The van der Waals surface area contributed by atoms with Crippen LogP contribution < -0.4 is 5.32 Å². The fraction of sp³-hybridized carbons (Fsp3) is 0.500. The van der Waals surface area contributed by atoms with E-state index in [1.54, 1.807) is 7.05 Å². The van der Waals surface area contributed by atoms with Crippen LogP contribution in [0.2, 0.25) is 0 Å². The van der Waals surface area contributed by atoms with Crippen molar-refractivity contribution in [3.05, 3.63) is 35.4 Å². The van der Waals surface area contributed by atoms with Gasteiger partial charge in [0.25, 0.3) is 5.91 Å². The van der Waals surface area contributed by atoms with Crippen molar-refractivity contribution in [2.45, 2.75) is 39.0 Å². The Morgan fingerprint density at radius 3 is 2.38 bits per heavy atom. The quantitative estimate of drug-likeness (QED) is 0.731. The second-order valence-corrected chi connectivity index (χ2v) is 4.09. The predicted molar refractivity (Wildman–Crippen MR) is 67.7 cm³/mol. The van der Waals surface area contributed by atoms with Gasteiger partial charge in [-0.2, -0.15) is 0 Å². The van der Waals surface area contributed by atoms with Crippen LogP contribution >= 0.6 is 0 Å². The van der Waals surface area contributed by atoms with Crippen LogP contribution in [0.3, 0.4) is 0 Å². The Kier molecular flexibility index (Phi) is 5.62. The Labute approximate surface area is 98.1 Å². The summed E-state index contributed by atoms with van der Waals surface area (Å²) in [6.07, 6.45) is 6.25. The molecule has 0 aliphatic carbocycles. The molecule has 0 aromatic heterocycles. The fourth-order valence-corrected chi connectivity index (χ4v) is 1.72. The first-order chi connectivity index (χ1) is 7.77. The lowest BCUT2D eigenvalue weighted by Crippen LogP contribution is -2.17. The Morgan fingerprint density at radius 1 is 1.12 bits per heavy atom. The summed E-state index contributed by atoms with van der Waals surface area (Å²) in [5, 5.41) is 2.62. The number of rotatable bonds is 6. The van der Waals surface area contributed by atoms with E-state index in [0.29, 0.717) is 0 Å². The molecule has 0 saturated heterocycles. The van der Waals surface area contributed by atoms with Gasteiger partial charge in [-0.15, -0.1) is 0 Å². The Morgan fingerprint density at radius 2 is 1.81 bits per heavy atom. The molecule has 1 N–H and O–H groups in total. The number of hydrogen-bond acceptors (Lipinski definition) is 1. The van der Waals surface area contributed by atoms with Gasteiger partial charge < -0.3 is 5.32 Å². The summed E-state index contributed by atoms with van der Waals surface area (Å²) in [5.74, 6) is -0.0162. The molecule has 2 heteroatoms. The predicted octanol–water partition coefficient (Wildman–Crippen LogP) is 3.17. The smallest absolute Gasteiger partial charge is 0.251 e. The van der Waals surface area contributed by atoms with Gasteiger partial charge in [-0.25, -0.2) is 0 Å². The van der Waals surface area contributed by atoms with Crippen molar-refractivity contribution in [2.75, 3.05) is 7.05 Å². The van der Waals surface area contributed by atoms with E-state index in [4.69, 9.17) is 0 Å². The minimum Gasteiger partial charge on any atom is -0.355 e. The lowest BCUT2D eigenvalue weighted by molar-refractivity contribution is 0.0963. The first kappa shape index (κ1) is 12.8. The van der Waals surface area contributed by atoms with Crippen molar-refractivity contribution in [2.24, 2.45) is 0 Å². The summed E-state index contributed by atoms with van der Waals surface area (Å²) in [7, 11) is 1.65. The first-order valence-corrected chi connectivity index (χ1v) is 6.09. The van der Waals surface area contributed by atoms with Crippen molar-refractivity contribution >= 4 is 5.91 Å². The Hall–Kier alpha value is -1.31. The number of carbonyl (C=O) groups excluding carboxylic acids is 1. The number of hydrogen-bond donors (Lipinski definition) is 1. The van der Waals surface area contributed by atoms with Crippen LogP contribution in [0.25, 0.3) is 0 Å². The van der Waals surface area contributed by atoms with Crippen LogP contribution in [0.5, 0.6) is 0 Å². The second-order valence-electron chi connectivity index (χ2n) is 4.09. The average Bonchev–Trinajstić information content (AvgIpc) is 2.34. The van der Waals surface area contributed by atoms with Crippen molar-refractivity contribution in [1.29, 1.82) is 0 Å². The third-order valence-electron chi connectivity index (χ3n) is 2.76. The summed E-state index contributed by atoms with van der Waals surface area (Å²) in [6.45, 7) is 2.22. The van der Waals surface area contributed by atoms with Gasteiger partial charge in [0.15, 0.2) is 0 Å². The highest BCUT2D eigenvalue weighted by atomic mass is 16.1. The fourth-order valence-electron chi connectivity index (χ4n) is 1.72. The number of nitrogens with one attached hydrogen (secondary N) is 1. The van der Waals surface area contributed by atoms with Gasteiger partial charge >= 0.3 is 0 Å². The summed E-state index contributed by atoms with van der Waals surface area (Å²) in [6, 6.07) is 7.90. The Balaban J connectivity index is 2.42. The third kappa shape index (κ3) is 4.05. The van der Waals surface area contributed by atoms with E-state index < -0.39 is 0 Å². The molecule has 88 valence electrons. The molecule has 1 rings (SSSR count). The molecular weight excluding hydrogens is 198 g/mol. The molecule has 0 atom stereocenters. The molecule has 2 nitrogen and oxygen atoms in total. The molecule has 0 saturated carbocycles. The largest absolute Gasteiger partial charge is 0.355 e. The monoisotopic (exact) mass is 219 g/mol. The van der Waals surface area contributed by atoms with Crippen molar-refractivity contribution in [1.82, 2.24) is 5.32 Å². The van der Waals surface area contributed by atoms with Gasteiger partial charge in [-0.3, -0.25) is 4.79 Å². The van der Waals surface area contributed by atoms with E-state index in [1.165, 1.54) is 31.2 Å². The summed E-state index contributed by atoms with van der Waals surface area (Å²) < 4.78 is 0. The number of carbonyl (C=O) groups is 1. The summed E-state index contributed by atoms with van der Waals surface area (Å²) in [4.78, 5) is 11.3. The topological polar surface area (TPSA) is 29.1 Å². The van der Waals surface area contributed by atoms with Crippen LogP contribution in [0.1, 0.15) is 48.5 Å². The van der Waals surface area contributed by atoms with E-state index in [1.807, 2.05) is 12.1 Å². The SMILES string of the molecule is CCCCCCc1ccc(C(=O)NC)cc1. The van der Waals surface area contributed by atoms with E-state index in [9.17, 15) is 4.79 Å². The molecule has 1 aromatic rings. The van der Waals surface area contributed by atoms with E-state index >= 15 is 0 Å². The zero-order chi connectivity index (χ0) is 11.8. The van der Waals surface area contributed by atoms with Gasteiger partial charge in [0.1, 0.15) is 0 Å². The van der Waals surface area contributed by atoms with Crippen LogP contribution in [0.15, 0.2) is 24.3 Å². The van der Waals surface area contributed by atoms with E-state index in [2.05, 4.69) is 24.4 Å². The molecule has 0 radical (unpaired) electrons. The molecule has 0 aliphatic heterocycles. The minimum atomic E-state index is -0.0162. The van der Waals surface area contributed by atoms with Crippen LogP contribution in [0.4, 0.5) is 0 Å². The number of amides is 1. The molecule has 0 aliphatic rings. The van der Waals surface area contributed by atoms with Crippen molar-refractivity contribution in [3.8, 4) is 0 Å². The molecular formula is C14H21NO. The molecule has 1 aromatic carbocycles. The highest BCUT2D eigenvalue weighted by molar-refractivity contribution is 5.93. The van der Waals surface area contributed by atoms with Gasteiger partial charge in [-0.1, -0.05) is 38.3 Å². The van der Waals surface area contributed by atoms with Gasteiger partial charge in [0, 0.05) is 12.6 Å². The maximum atomic E-state index is 11.3. The number of unbranched alkanes of at least 4 members (excludes halogenated alkanes) is 3. The molecule has 0 bridgehead atoms. The lowest BCUT2D eigenvalue weighted by Gasteiger charge is -2.03. The van der Waals surface area contributed by atoms with Crippen LogP contribution in [-0.2, 0) is 6.42 Å². The summed E-state index contributed by atoms with van der Waals surface area (Å²) >= 11 is 0. The highest BCUT2D eigenvalue weighted by Gasteiger charge is 2.01. The zero-order valence-electron chi connectivity index (χ0n) is 10.3. The molecule has 0 unspecified atom stereocenters. The molecule has 0 spiro atoms. The second kappa shape index (κ2) is 7.04. The third-order valence-corrected chi connectivity index (χ3v) is 2.76. The highest BCUT2D eigenvalue weighted by Crippen LogP contribution is 2.09. The van der Waals surface area contributed by atoms with Gasteiger partial charge in [-0.05, 0) is 30.5 Å². The molecule has 0 heterocycles. The van der Waals surface area contributed by atoms with Crippen molar-refractivity contribution < 1.29 is 4.79 Å². The van der Waals surface area contributed by atoms with Gasteiger partial charge in [0.05, 0.1) is 0 Å². The number of aryl methyl sites for hydroxylation is 1. The van der Waals surface area contributed by atoms with Crippen molar-refractivity contribution in [3.63, 3.8) is 0 Å². The normalized spacial score (nSPS) is 10.1. The van der Waals surface area contributed by atoms with E-state index in [0.717, 1.165) is 12.0 Å².